The molecule has 1 N–H and O–H groups in total. The molecule has 0 atom stereocenters. The van der Waals surface area contributed by atoms with Gasteiger partial charge in [-0.15, -0.1) is 0 Å². The molecule has 0 fully saturated rings. The Morgan fingerprint density at radius 3 is 2.43 bits per heavy atom. The van der Waals surface area contributed by atoms with Gasteiger partial charge in [-0.05, 0) is 66.1 Å². The van der Waals surface area contributed by atoms with Crippen molar-refractivity contribution in [3.63, 3.8) is 0 Å². The normalized spacial score (nSPS) is 13.9. The number of nitrogens with zero attached hydrogens (tertiary/aromatic N) is 1. The minimum atomic E-state index is -0.157. The summed E-state index contributed by atoms with van der Waals surface area (Å²) >= 11 is 7.40. The van der Waals surface area contributed by atoms with Gasteiger partial charge in [-0.3, -0.25) is 9.59 Å². The number of hydrogen-bond acceptors (Lipinski definition) is 3. The molecule has 0 spiro atoms. The van der Waals surface area contributed by atoms with Crippen molar-refractivity contribution in [1.82, 2.24) is 5.32 Å². The molecular formula is C31H25ClN2O2S. The lowest BCUT2D eigenvalue weighted by Gasteiger charge is -2.30. The molecule has 0 radical (unpaired) electrons. The molecule has 4 aromatic rings. The summed E-state index contributed by atoms with van der Waals surface area (Å²) < 4.78 is 0. The van der Waals surface area contributed by atoms with Crippen molar-refractivity contribution in [2.24, 2.45) is 0 Å². The van der Waals surface area contributed by atoms with Crippen LogP contribution in [0.25, 0.3) is 6.08 Å². The van der Waals surface area contributed by atoms with Crippen LogP contribution >= 0.6 is 23.4 Å². The van der Waals surface area contributed by atoms with Gasteiger partial charge in [-0.1, -0.05) is 89.6 Å². The van der Waals surface area contributed by atoms with Crippen LogP contribution in [-0.2, 0) is 17.9 Å². The lowest BCUT2D eigenvalue weighted by atomic mass is 10.1. The smallest absolute Gasteiger partial charge is 0.265 e. The summed E-state index contributed by atoms with van der Waals surface area (Å²) in [4.78, 5) is 29.7. The van der Waals surface area contributed by atoms with Crippen LogP contribution in [0.4, 0.5) is 5.69 Å². The summed E-state index contributed by atoms with van der Waals surface area (Å²) in [6.07, 6.45) is 1.89. The third kappa shape index (κ3) is 5.96. The molecule has 37 heavy (non-hydrogen) atoms. The minimum Gasteiger partial charge on any atom is -0.348 e. The van der Waals surface area contributed by atoms with Crippen molar-refractivity contribution >= 4 is 46.9 Å². The highest BCUT2D eigenvalue weighted by atomic mass is 35.5. The number of amides is 2. The molecule has 1 aliphatic rings. The summed E-state index contributed by atoms with van der Waals surface area (Å²) in [5.41, 5.74) is 5.57. The first-order valence-corrected chi connectivity index (χ1v) is 13.1. The average molecular weight is 525 g/mol. The van der Waals surface area contributed by atoms with E-state index in [-0.39, 0.29) is 11.8 Å². The van der Waals surface area contributed by atoms with E-state index in [4.69, 9.17) is 11.6 Å². The van der Waals surface area contributed by atoms with E-state index in [0.29, 0.717) is 28.6 Å². The number of carbonyl (C=O) groups is 2. The lowest BCUT2D eigenvalue weighted by Crippen LogP contribution is -2.33. The number of aryl methyl sites for hydroxylation is 1. The van der Waals surface area contributed by atoms with Crippen molar-refractivity contribution in [2.75, 3.05) is 4.90 Å². The summed E-state index contributed by atoms with van der Waals surface area (Å²) in [5.74, 6) is -0.189. The standard InChI is InChI=1S/C31H25ClN2O2S/c1-21-5-4-6-24(17-21)20-34-27-7-2-3-8-28(27)37-29(31(34)36)18-22-9-13-25(14-10-22)30(35)33-19-23-11-15-26(32)16-12-23/h2-18H,19-20H2,1H3,(H,33,35)/b29-18+. The number of nitrogens with one attached hydrogen (secondary N) is 1. The van der Waals surface area contributed by atoms with E-state index in [1.165, 1.54) is 11.8 Å². The van der Waals surface area contributed by atoms with Crippen molar-refractivity contribution in [1.29, 1.82) is 0 Å². The molecule has 0 unspecified atom stereocenters. The quantitative estimate of drug-likeness (QED) is 0.270. The molecule has 0 bridgehead atoms. The maximum Gasteiger partial charge on any atom is 0.265 e. The summed E-state index contributed by atoms with van der Waals surface area (Å²) in [5, 5.41) is 3.59. The van der Waals surface area contributed by atoms with Crippen LogP contribution < -0.4 is 10.2 Å². The van der Waals surface area contributed by atoms with Crippen molar-refractivity contribution < 1.29 is 9.59 Å². The zero-order chi connectivity index (χ0) is 25.8. The number of hydrogen-bond donors (Lipinski definition) is 1. The van der Waals surface area contributed by atoms with E-state index in [1.807, 2.05) is 71.6 Å². The van der Waals surface area contributed by atoms with Gasteiger partial charge < -0.3 is 10.2 Å². The van der Waals surface area contributed by atoms with Gasteiger partial charge in [-0.2, -0.15) is 0 Å². The van der Waals surface area contributed by atoms with Gasteiger partial charge in [0.25, 0.3) is 11.8 Å². The predicted octanol–water partition coefficient (Wildman–Crippen LogP) is 7.26. The number of benzene rings is 4. The zero-order valence-electron chi connectivity index (χ0n) is 20.3. The molecule has 184 valence electrons. The van der Waals surface area contributed by atoms with Crippen LogP contribution in [0.1, 0.15) is 32.6 Å². The maximum atomic E-state index is 13.6. The Kier molecular flexibility index (Phi) is 7.45. The predicted molar refractivity (Wildman–Crippen MR) is 152 cm³/mol. The average Bonchev–Trinajstić information content (AvgIpc) is 2.91. The van der Waals surface area contributed by atoms with Gasteiger partial charge in [0.1, 0.15) is 0 Å². The van der Waals surface area contributed by atoms with Crippen molar-refractivity contribution in [2.45, 2.75) is 24.9 Å². The van der Waals surface area contributed by atoms with Gasteiger partial charge in [0.15, 0.2) is 0 Å². The molecular weight excluding hydrogens is 500 g/mol. The largest absolute Gasteiger partial charge is 0.348 e. The van der Waals surface area contributed by atoms with E-state index in [2.05, 4.69) is 24.4 Å². The zero-order valence-corrected chi connectivity index (χ0v) is 21.9. The second kappa shape index (κ2) is 11.1. The Labute approximate surface area is 226 Å². The minimum absolute atomic E-state index is 0.0324. The molecule has 1 aliphatic heterocycles. The summed E-state index contributed by atoms with van der Waals surface area (Å²) in [6, 6.07) is 30.9. The van der Waals surface area contributed by atoms with Crippen LogP contribution in [0.15, 0.2) is 107 Å². The van der Waals surface area contributed by atoms with Crippen LogP contribution in [-0.4, -0.2) is 11.8 Å². The third-order valence-corrected chi connectivity index (χ3v) is 7.42. The van der Waals surface area contributed by atoms with Crippen LogP contribution in [0.2, 0.25) is 5.02 Å². The number of halogens is 1. The molecule has 1 heterocycles. The first-order valence-electron chi connectivity index (χ1n) is 11.9. The number of rotatable bonds is 6. The molecule has 5 rings (SSSR count). The molecule has 4 aromatic carbocycles. The molecule has 0 aromatic heterocycles. The number of anilines is 1. The summed E-state index contributed by atoms with van der Waals surface area (Å²) in [6.45, 7) is 2.98. The van der Waals surface area contributed by atoms with Crippen molar-refractivity contribution in [3.05, 3.63) is 135 Å². The van der Waals surface area contributed by atoms with Gasteiger partial charge >= 0.3 is 0 Å². The van der Waals surface area contributed by atoms with Crippen LogP contribution in [0.3, 0.4) is 0 Å². The molecule has 0 saturated carbocycles. The third-order valence-electron chi connectivity index (χ3n) is 6.09. The molecule has 6 heteroatoms. The van der Waals surface area contributed by atoms with Crippen LogP contribution in [0.5, 0.6) is 0 Å². The fourth-order valence-corrected chi connectivity index (χ4v) is 5.37. The van der Waals surface area contributed by atoms with E-state index in [0.717, 1.165) is 32.8 Å². The fourth-order valence-electron chi connectivity index (χ4n) is 4.18. The van der Waals surface area contributed by atoms with Gasteiger partial charge in [-0.25, -0.2) is 0 Å². The SMILES string of the molecule is Cc1cccc(CN2C(=O)/C(=C\c3ccc(C(=O)NCc4ccc(Cl)cc4)cc3)Sc3ccccc32)c1. The first-order chi connectivity index (χ1) is 18.0. The number of thioether (sulfide) groups is 1. The van der Waals surface area contributed by atoms with Gasteiger partial charge in [0.2, 0.25) is 0 Å². The van der Waals surface area contributed by atoms with E-state index < -0.39 is 0 Å². The Morgan fingerprint density at radius 1 is 0.919 bits per heavy atom. The highest BCUT2D eigenvalue weighted by molar-refractivity contribution is 8.04. The number of fused-ring (bicyclic) bond motifs is 1. The lowest BCUT2D eigenvalue weighted by molar-refractivity contribution is -0.114. The highest BCUT2D eigenvalue weighted by Gasteiger charge is 2.29. The number of carbonyl (C=O) groups excluding carboxylic acids is 2. The monoisotopic (exact) mass is 524 g/mol. The van der Waals surface area contributed by atoms with Crippen LogP contribution in [0, 0.1) is 6.92 Å². The topological polar surface area (TPSA) is 49.4 Å². The Hall–Kier alpha value is -3.80. The summed E-state index contributed by atoms with van der Waals surface area (Å²) in [7, 11) is 0. The second-order valence-electron chi connectivity index (χ2n) is 8.89. The first kappa shape index (κ1) is 24.9. The van der Waals surface area contributed by atoms with Gasteiger partial charge in [0, 0.05) is 22.0 Å². The molecule has 2 amide bonds. The second-order valence-corrected chi connectivity index (χ2v) is 10.4. The van der Waals surface area contributed by atoms with E-state index in [1.54, 1.807) is 24.3 Å². The van der Waals surface area contributed by atoms with E-state index >= 15 is 0 Å². The Bertz CT molecular complexity index is 1480. The molecule has 0 aliphatic carbocycles. The fraction of sp³-hybridized carbons (Fsp3) is 0.0968. The Morgan fingerprint density at radius 2 is 1.68 bits per heavy atom. The van der Waals surface area contributed by atoms with Gasteiger partial charge in [0.05, 0.1) is 17.1 Å². The van der Waals surface area contributed by atoms with Crippen molar-refractivity contribution in [3.8, 4) is 0 Å². The highest BCUT2D eigenvalue weighted by Crippen LogP contribution is 2.42. The Balaban J connectivity index is 1.33. The maximum absolute atomic E-state index is 13.6. The molecule has 0 saturated heterocycles. The van der Waals surface area contributed by atoms with E-state index in [9.17, 15) is 9.59 Å². The number of para-hydroxylation sites is 1. The molecule has 4 nitrogen and oxygen atoms in total.